The highest BCUT2D eigenvalue weighted by Gasteiger charge is 2.25. The van der Waals surface area contributed by atoms with Crippen LogP contribution in [0.25, 0.3) is 44.3 Å². The second kappa shape index (κ2) is 10.3. The fraction of sp³-hybridized carbons (Fsp3) is 0.237. The standard InChI is InChI=1S/C38H37FNO/c1-24(2)22-26-20-21-40(6)33(23-26)34-25(3)12-17-30-31-18-19-32(39)35(37(31)41-36(30)34)27-13-15-29(16-14-27)38(4,5)28-10-8-7-9-11-28/h7-21,23-24H,22H2,1-6H3/q+1/i22D2. The third-order valence-electron chi connectivity index (χ3n) is 8.22. The molecule has 0 saturated carbocycles. The summed E-state index contributed by atoms with van der Waals surface area (Å²) < 4.78 is 41.7. The van der Waals surface area contributed by atoms with Crippen LogP contribution in [0, 0.1) is 18.7 Å². The Morgan fingerprint density at radius 1 is 0.829 bits per heavy atom. The second-order valence-corrected chi connectivity index (χ2v) is 11.8. The molecule has 0 atom stereocenters. The van der Waals surface area contributed by atoms with Gasteiger partial charge in [0.1, 0.15) is 24.0 Å². The molecular formula is C38H37FNO+. The van der Waals surface area contributed by atoms with Crippen molar-refractivity contribution in [3.05, 3.63) is 125 Å². The number of halogens is 1. The van der Waals surface area contributed by atoms with Crippen molar-refractivity contribution in [2.45, 2.75) is 46.4 Å². The molecule has 0 aliphatic rings. The Labute approximate surface area is 244 Å². The minimum absolute atomic E-state index is 0.189. The van der Waals surface area contributed by atoms with Crippen molar-refractivity contribution in [3.8, 4) is 22.4 Å². The van der Waals surface area contributed by atoms with Crippen LogP contribution in [0.4, 0.5) is 4.39 Å². The number of benzene rings is 4. The maximum Gasteiger partial charge on any atom is 0.216 e. The van der Waals surface area contributed by atoms with Gasteiger partial charge in [-0.2, -0.15) is 0 Å². The molecule has 0 saturated heterocycles. The average Bonchev–Trinajstić information content (AvgIpc) is 3.36. The van der Waals surface area contributed by atoms with Crippen molar-refractivity contribution in [2.24, 2.45) is 13.0 Å². The van der Waals surface area contributed by atoms with E-state index in [0.717, 1.165) is 38.7 Å². The monoisotopic (exact) mass is 544 g/mol. The summed E-state index contributed by atoms with van der Waals surface area (Å²) >= 11 is 0. The highest BCUT2D eigenvalue weighted by atomic mass is 19.1. The maximum absolute atomic E-state index is 15.7. The molecule has 0 radical (unpaired) electrons. The van der Waals surface area contributed by atoms with Crippen LogP contribution in [0.2, 0.25) is 0 Å². The molecule has 2 heterocycles. The lowest BCUT2D eigenvalue weighted by Crippen LogP contribution is -2.31. The summed E-state index contributed by atoms with van der Waals surface area (Å²) in [5.41, 5.74) is 7.87. The summed E-state index contributed by atoms with van der Waals surface area (Å²) in [6.45, 7) is 10.2. The van der Waals surface area contributed by atoms with Crippen molar-refractivity contribution < 1.29 is 16.1 Å². The van der Waals surface area contributed by atoms with E-state index >= 15 is 4.39 Å². The zero-order valence-electron chi connectivity index (χ0n) is 26.5. The summed E-state index contributed by atoms with van der Waals surface area (Å²) in [6.07, 6.45) is 0.408. The minimum Gasteiger partial charge on any atom is -0.454 e. The normalized spacial score (nSPS) is 13.2. The molecule has 4 aromatic carbocycles. The molecular weight excluding hydrogens is 505 g/mol. The van der Waals surface area contributed by atoms with E-state index in [-0.39, 0.29) is 17.2 Å². The van der Waals surface area contributed by atoms with E-state index in [1.807, 2.05) is 75.0 Å². The first kappa shape index (κ1) is 24.5. The van der Waals surface area contributed by atoms with Crippen molar-refractivity contribution >= 4 is 21.9 Å². The summed E-state index contributed by atoms with van der Waals surface area (Å²) in [7, 11) is 1.95. The van der Waals surface area contributed by atoms with Crippen LogP contribution >= 0.6 is 0 Å². The van der Waals surface area contributed by atoms with Gasteiger partial charge < -0.3 is 4.42 Å². The molecule has 2 nitrogen and oxygen atoms in total. The first-order valence-electron chi connectivity index (χ1n) is 15.2. The molecule has 0 amide bonds. The molecule has 0 fully saturated rings. The molecule has 0 bridgehead atoms. The summed E-state index contributed by atoms with van der Waals surface area (Å²) in [5, 5.41) is 1.74. The van der Waals surface area contributed by atoms with Crippen LogP contribution in [0.1, 0.15) is 52.7 Å². The Morgan fingerprint density at radius 2 is 1.46 bits per heavy atom. The first-order chi connectivity index (χ1) is 20.4. The SMILES string of the molecule is [2H]C([2H])(c1cc[n+](C)c(-c2c(C)ccc3c2oc2c(-c4ccc(C(C)(C)c5ccccc5)cc4)c(F)ccc23)c1)C(C)C. The highest BCUT2D eigenvalue weighted by molar-refractivity contribution is 6.13. The highest BCUT2D eigenvalue weighted by Crippen LogP contribution is 2.42. The van der Waals surface area contributed by atoms with Gasteiger partial charge in [-0.1, -0.05) is 94.4 Å². The molecule has 3 heteroatoms. The molecule has 41 heavy (non-hydrogen) atoms. The number of rotatable bonds is 6. The van der Waals surface area contributed by atoms with Crippen molar-refractivity contribution in [1.82, 2.24) is 0 Å². The van der Waals surface area contributed by atoms with Crippen LogP contribution in [0.3, 0.4) is 0 Å². The molecule has 0 aliphatic carbocycles. The Kier molecular flexibility index (Phi) is 6.17. The zero-order chi connectivity index (χ0) is 30.7. The van der Waals surface area contributed by atoms with Crippen LogP contribution in [-0.4, -0.2) is 0 Å². The third kappa shape index (κ3) is 4.74. The van der Waals surface area contributed by atoms with Gasteiger partial charge in [-0.25, -0.2) is 8.96 Å². The number of fused-ring (bicyclic) bond motifs is 3. The Morgan fingerprint density at radius 3 is 2.15 bits per heavy atom. The number of nitrogens with zero attached hydrogens (tertiary/aromatic N) is 1. The van der Waals surface area contributed by atoms with E-state index in [0.29, 0.717) is 22.3 Å². The van der Waals surface area contributed by atoms with Gasteiger partial charge in [0.05, 0.1) is 11.1 Å². The number of aromatic nitrogens is 1. The molecule has 6 aromatic rings. The first-order valence-corrected chi connectivity index (χ1v) is 14.2. The van der Waals surface area contributed by atoms with Crippen LogP contribution in [-0.2, 0) is 18.8 Å². The Hall–Kier alpha value is -4.24. The smallest absolute Gasteiger partial charge is 0.216 e. The average molecular weight is 545 g/mol. The predicted molar refractivity (Wildman–Crippen MR) is 168 cm³/mol. The van der Waals surface area contributed by atoms with E-state index in [1.165, 1.54) is 11.6 Å². The second-order valence-electron chi connectivity index (χ2n) is 11.8. The number of pyridine rings is 1. The van der Waals surface area contributed by atoms with E-state index in [2.05, 4.69) is 56.3 Å². The summed E-state index contributed by atoms with van der Waals surface area (Å²) in [5.74, 6) is -0.524. The minimum atomic E-state index is -1.49. The fourth-order valence-electron chi connectivity index (χ4n) is 5.88. The number of hydrogen-bond donors (Lipinski definition) is 0. The van der Waals surface area contributed by atoms with Crippen molar-refractivity contribution in [1.29, 1.82) is 0 Å². The van der Waals surface area contributed by atoms with Gasteiger partial charge in [0.25, 0.3) is 0 Å². The van der Waals surface area contributed by atoms with Crippen molar-refractivity contribution in [2.75, 3.05) is 0 Å². The number of hydrogen-bond acceptors (Lipinski definition) is 1. The van der Waals surface area contributed by atoms with Crippen molar-refractivity contribution in [3.63, 3.8) is 0 Å². The van der Waals surface area contributed by atoms with E-state index in [1.54, 1.807) is 6.07 Å². The van der Waals surface area contributed by atoms with Crippen LogP contribution in [0.15, 0.2) is 102 Å². The summed E-state index contributed by atoms with van der Waals surface area (Å²) in [6, 6.07) is 29.7. The maximum atomic E-state index is 15.7. The molecule has 206 valence electrons. The lowest BCUT2D eigenvalue weighted by atomic mass is 9.78. The number of furan rings is 1. The van der Waals surface area contributed by atoms with Gasteiger partial charge in [-0.05, 0) is 59.2 Å². The number of aryl methyl sites for hydroxylation is 2. The van der Waals surface area contributed by atoms with Gasteiger partial charge in [0.15, 0.2) is 6.20 Å². The lowest BCUT2D eigenvalue weighted by molar-refractivity contribution is -0.660. The molecule has 0 spiro atoms. The topological polar surface area (TPSA) is 17.0 Å². The van der Waals surface area contributed by atoms with Gasteiger partial charge in [0, 0.05) is 31.1 Å². The molecule has 0 N–H and O–H groups in total. The molecule has 0 unspecified atom stereocenters. The van der Waals surface area contributed by atoms with E-state index in [9.17, 15) is 0 Å². The van der Waals surface area contributed by atoms with Gasteiger partial charge in [0.2, 0.25) is 5.69 Å². The van der Waals surface area contributed by atoms with Crippen LogP contribution < -0.4 is 4.57 Å². The lowest BCUT2D eigenvalue weighted by Gasteiger charge is -2.26. The van der Waals surface area contributed by atoms with Crippen LogP contribution in [0.5, 0.6) is 0 Å². The quantitative estimate of drug-likeness (QED) is 0.191. The van der Waals surface area contributed by atoms with E-state index in [4.69, 9.17) is 7.16 Å². The summed E-state index contributed by atoms with van der Waals surface area (Å²) in [4.78, 5) is 0. The molecule has 2 aromatic heterocycles. The Balaban J connectivity index is 1.53. The third-order valence-corrected chi connectivity index (χ3v) is 8.22. The Bertz CT molecular complexity index is 1970. The molecule has 6 rings (SSSR count). The molecule has 0 aliphatic heterocycles. The zero-order valence-corrected chi connectivity index (χ0v) is 24.5. The largest absolute Gasteiger partial charge is 0.454 e. The predicted octanol–water partition coefficient (Wildman–Crippen LogP) is 9.72. The van der Waals surface area contributed by atoms with Gasteiger partial charge >= 0.3 is 0 Å². The van der Waals surface area contributed by atoms with Gasteiger partial charge in [-0.15, -0.1) is 0 Å². The van der Waals surface area contributed by atoms with E-state index < -0.39 is 6.37 Å². The van der Waals surface area contributed by atoms with Gasteiger partial charge in [-0.3, -0.25) is 0 Å². The fourth-order valence-corrected chi connectivity index (χ4v) is 5.88.